The molecule has 1 fully saturated rings. The summed E-state index contributed by atoms with van der Waals surface area (Å²) in [6, 6.07) is 16.4. The van der Waals surface area contributed by atoms with E-state index >= 15 is 0 Å². The SMILES string of the molecule is Cc1ccc(-n2nc(N3CCCN(C(=O)Nc4ccc(C)cc4Cl)CC3)ccc2=O)cc1. The van der Waals surface area contributed by atoms with Crippen molar-refractivity contribution in [1.82, 2.24) is 14.7 Å². The average molecular weight is 452 g/mol. The van der Waals surface area contributed by atoms with Crippen LogP contribution in [0.25, 0.3) is 5.69 Å². The van der Waals surface area contributed by atoms with Crippen molar-refractivity contribution in [2.24, 2.45) is 0 Å². The van der Waals surface area contributed by atoms with Crippen LogP contribution in [-0.2, 0) is 0 Å². The summed E-state index contributed by atoms with van der Waals surface area (Å²) >= 11 is 6.26. The fourth-order valence-corrected chi connectivity index (χ4v) is 3.99. The van der Waals surface area contributed by atoms with E-state index < -0.39 is 0 Å². The molecular weight excluding hydrogens is 426 g/mol. The average Bonchev–Trinajstić information content (AvgIpc) is 3.03. The smallest absolute Gasteiger partial charge is 0.321 e. The third kappa shape index (κ3) is 4.94. The van der Waals surface area contributed by atoms with Crippen molar-refractivity contribution in [2.75, 3.05) is 36.4 Å². The first-order chi connectivity index (χ1) is 15.4. The molecule has 8 heteroatoms. The molecule has 4 rings (SSSR count). The highest BCUT2D eigenvalue weighted by atomic mass is 35.5. The molecular formula is C24H26ClN5O2. The van der Waals surface area contributed by atoms with E-state index in [1.54, 1.807) is 11.0 Å². The van der Waals surface area contributed by atoms with Crippen LogP contribution in [0.1, 0.15) is 17.5 Å². The summed E-state index contributed by atoms with van der Waals surface area (Å²) in [5.41, 5.74) is 3.32. The quantitative estimate of drug-likeness (QED) is 0.646. The van der Waals surface area contributed by atoms with E-state index in [-0.39, 0.29) is 11.6 Å². The first-order valence-electron chi connectivity index (χ1n) is 10.7. The highest BCUT2D eigenvalue weighted by Crippen LogP contribution is 2.23. The van der Waals surface area contributed by atoms with Crippen molar-refractivity contribution >= 4 is 29.1 Å². The molecule has 1 N–H and O–H groups in total. The minimum Gasteiger partial charge on any atom is -0.353 e. The van der Waals surface area contributed by atoms with Crippen LogP contribution < -0.4 is 15.8 Å². The minimum atomic E-state index is -0.177. The molecule has 1 aliphatic rings. The number of hydrogen-bond acceptors (Lipinski definition) is 4. The Kier molecular flexibility index (Phi) is 6.46. The number of amides is 2. The molecule has 1 aliphatic heterocycles. The van der Waals surface area contributed by atoms with Crippen molar-refractivity contribution in [3.05, 3.63) is 81.1 Å². The Hall–Kier alpha value is -3.32. The maximum atomic E-state index is 12.8. The van der Waals surface area contributed by atoms with Gasteiger partial charge in [0.05, 0.1) is 16.4 Å². The second kappa shape index (κ2) is 9.44. The molecule has 0 atom stereocenters. The van der Waals surface area contributed by atoms with Crippen LogP contribution in [0, 0.1) is 13.8 Å². The Morgan fingerprint density at radius 1 is 0.938 bits per heavy atom. The lowest BCUT2D eigenvalue weighted by atomic mass is 10.2. The molecule has 0 saturated carbocycles. The lowest BCUT2D eigenvalue weighted by Gasteiger charge is -2.23. The fraction of sp³-hybridized carbons (Fsp3) is 0.292. The summed E-state index contributed by atoms with van der Waals surface area (Å²) in [4.78, 5) is 29.1. The Balaban J connectivity index is 1.46. The molecule has 2 heterocycles. The van der Waals surface area contributed by atoms with Crippen molar-refractivity contribution in [3.8, 4) is 5.69 Å². The number of carbonyl (C=O) groups excluding carboxylic acids is 1. The van der Waals surface area contributed by atoms with Crippen LogP contribution in [0.3, 0.4) is 0 Å². The third-order valence-corrected chi connectivity index (χ3v) is 5.85. The number of halogens is 1. The number of anilines is 2. The Morgan fingerprint density at radius 2 is 1.69 bits per heavy atom. The summed E-state index contributed by atoms with van der Waals surface area (Å²) < 4.78 is 1.42. The van der Waals surface area contributed by atoms with Gasteiger partial charge in [0, 0.05) is 32.2 Å². The van der Waals surface area contributed by atoms with Crippen LogP contribution in [0.4, 0.5) is 16.3 Å². The van der Waals surface area contributed by atoms with Gasteiger partial charge in [-0.2, -0.15) is 4.68 Å². The van der Waals surface area contributed by atoms with Gasteiger partial charge in [-0.15, -0.1) is 5.10 Å². The van der Waals surface area contributed by atoms with Gasteiger partial charge < -0.3 is 15.1 Å². The van der Waals surface area contributed by atoms with E-state index in [0.29, 0.717) is 36.2 Å². The normalized spacial score (nSPS) is 14.2. The second-order valence-electron chi connectivity index (χ2n) is 8.02. The van der Waals surface area contributed by atoms with Gasteiger partial charge in [0.2, 0.25) is 0 Å². The van der Waals surface area contributed by atoms with E-state index in [1.807, 2.05) is 56.3 Å². The molecule has 0 unspecified atom stereocenters. The molecule has 0 spiro atoms. The molecule has 0 bridgehead atoms. The lowest BCUT2D eigenvalue weighted by molar-refractivity contribution is 0.215. The number of aryl methyl sites for hydroxylation is 2. The monoisotopic (exact) mass is 451 g/mol. The number of benzene rings is 2. The number of hydrogen-bond donors (Lipinski definition) is 1. The minimum absolute atomic E-state index is 0.171. The molecule has 166 valence electrons. The predicted molar refractivity (Wildman–Crippen MR) is 128 cm³/mol. The third-order valence-electron chi connectivity index (χ3n) is 5.54. The van der Waals surface area contributed by atoms with Gasteiger partial charge in [0.15, 0.2) is 0 Å². The van der Waals surface area contributed by atoms with Crippen LogP contribution in [0.2, 0.25) is 5.02 Å². The van der Waals surface area contributed by atoms with Crippen molar-refractivity contribution in [2.45, 2.75) is 20.3 Å². The second-order valence-corrected chi connectivity index (χ2v) is 8.43. The molecule has 1 aromatic heterocycles. The summed E-state index contributed by atoms with van der Waals surface area (Å²) in [6.07, 6.45) is 0.792. The maximum Gasteiger partial charge on any atom is 0.321 e. The van der Waals surface area contributed by atoms with E-state index in [1.165, 1.54) is 10.7 Å². The van der Waals surface area contributed by atoms with Crippen molar-refractivity contribution in [1.29, 1.82) is 0 Å². The van der Waals surface area contributed by atoms with Crippen LogP contribution in [0.15, 0.2) is 59.4 Å². The van der Waals surface area contributed by atoms with Crippen LogP contribution in [-0.4, -0.2) is 46.9 Å². The molecule has 0 radical (unpaired) electrons. The molecule has 32 heavy (non-hydrogen) atoms. The predicted octanol–water partition coefficient (Wildman–Crippen LogP) is 4.25. The molecule has 3 aromatic rings. The number of nitrogens with one attached hydrogen (secondary N) is 1. The molecule has 2 aromatic carbocycles. The van der Waals surface area contributed by atoms with Crippen molar-refractivity contribution in [3.63, 3.8) is 0 Å². The van der Waals surface area contributed by atoms with E-state index in [4.69, 9.17) is 11.6 Å². The summed E-state index contributed by atoms with van der Waals surface area (Å²) in [6.45, 7) is 6.49. The Morgan fingerprint density at radius 3 is 2.44 bits per heavy atom. The van der Waals surface area contributed by atoms with Gasteiger partial charge in [-0.05, 0) is 56.2 Å². The first kappa shape index (κ1) is 21.9. The Labute approximate surface area is 192 Å². The largest absolute Gasteiger partial charge is 0.353 e. The molecule has 1 saturated heterocycles. The van der Waals surface area contributed by atoms with Crippen LogP contribution in [0.5, 0.6) is 0 Å². The van der Waals surface area contributed by atoms with E-state index in [0.717, 1.165) is 29.8 Å². The molecule has 7 nitrogen and oxygen atoms in total. The fourth-order valence-electron chi connectivity index (χ4n) is 3.71. The van der Waals surface area contributed by atoms with E-state index in [9.17, 15) is 9.59 Å². The van der Waals surface area contributed by atoms with Crippen LogP contribution >= 0.6 is 11.6 Å². The number of carbonyl (C=O) groups is 1. The standard InChI is InChI=1S/C24H26ClN5O2/c1-17-4-7-19(8-5-17)30-23(31)11-10-22(27-30)28-12-3-13-29(15-14-28)24(32)26-21-9-6-18(2)16-20(21)25/h4-11,16H,3,12-15H2,1-2H3,(H,26,32). The number of rotatable bonds is 3. The van der Waals surface area contributed by atoms with E-state index in [2.05, 4.69) is 15.3 Å². The molecule has 0 aliphatic carbocycles. The number of urea groups is 1. The van der Waals surface area contributed by atoms with Gasteiger partial charge >= 0.3 is 6.03 Å². The summed E-state index contributed by atoms with van der Waals surface area (Å²) in [5.74, 6) is 0.717. The number of aromatic nitrogens is 2. The van der Waals surface area contributed by atoms with Gasteiger partial charge in [-0.3, -0.25) is 4.79 Å². The van der Waals surface area contributed by atoms with Gasteiger partial charge in [0.25, 0.3) is 5.56 Å². The topological polar surface area (TPSA) is 70.5 Å². The number of nitrogens with zero attached hydrogens (tertiary/aromatic N) is 4. The highest BCUT2D eigenvalue weighted by molar-refractivity contribution is 6.33. The zero-order chi connectivity index (χ0) is 22.7. The lowest BCUT2D eigenvalue weighted by Crippen LogP contribution is -2.38. The zero-order valence-electron chi connectivity index (χ0n) is 18.2. The first-order valence-corrected chi connectivity index (χ1v) is 11.0. The van der Waals surface area contributed by atoms with Gasteiger partial charge in [-0.1, -0.05) is 35.4 Å². The summed E-state index contributed by atoms with van der Waals surface area (Å²) in [5, 5.41) is 8.02. The van der Waals surface area contributed by atoms with Gasteiger partial charge in [-0.25, -0.2) is 4.79 Å². The van der Waals surface area contributed by atoms with Gasteiger partial charge in [0.1, 0.15) is 5.82 Å². The maximum absolute atomic E-state index is 12.8. The highest BCUT2D eigenvalue weighted by Gasteiger charge is 2.21. The summed E-state index contributed by atoms with van der Waals surface area (Å²) in [7, 11) is 0. The van der Waals surface area contributed by atoms with Crippen molar-refractivity contribution < 1.29 is 4.79 Å². The Bertz CT molecular complexity index is 1180. The zero-order valence-corrected chi connectivity index (χ0v) is 19.0. The molecule has 2 amide bonds.